The van der Waals surface area contributed by atoms with Crippen LogP contribution in [0.5, 0.6) is 0 Å². The lowest BCUT2D eigenvalue weighted by atomic mass is 9.86. The van der Waals surface area contributed by atoms with Crippen LogP contribution in [0.25, 0.3) is 0 Å². The van der Waals surface area contributed by atoms with Crippen LogP contribution in [-0.4, -0.2) is 30.9 Å². The van der Waals surface area contributed by atoms with Crippen LogP contribution < -0.4 is 10.2 Å². The fourth-order valence-corrected chi connectivity index (χ4v) is 4.07. The number of carbonyl (C=O) groups excluding carboxylic acids is 3. The van der Waals surface area contributed by atoms with Gasteiger partial charge in [-0.2, -0.15) is 0 Å². The van der Waals surface area contributed by atoms with E-state index in [4.69, 9.17) is 4.74 Å². The number of hydrogen-bond acceptors (Lipinski definition) is 5. The number of anilines is 1. The smallest absolute Gasteiger partial charge is 0.323 e. The third-order valence-electron chi connectivity index (χ3n) is 5.38. The number of benzene rings is 2. The molecular weight excluding hydrogens is 344 g/mol. The van der Waals surface area contributed by atoms with Crippen molar-refractivity contribution in [1.29, 1.82) is 0 Å². The van der Waals surface area contributed by atoms with Crippen molar-refractivity contribution in [1.82, 2.24) is 5.32 Å². The summed E-state index contributed by atoms with van der Waals surface area (Å²) in [4.78, 5) is 39.9. The highest BCUT2D eigenvalue weighted by molar-refractivity contribution is 6.23. The number of amides is 2. The average molecular weight is 364 g/mol. The third kappa shape index (κ3) is 2.73. The second-order valence-electron chi connectivity index (χ2n) is 6.95. The fourth-order valence-electron chi connectivity index (χ4n) is 4.07. The number of fused-ring (bicyclic) bond motifs is 1. The lowest BCUT2D eigenvalue weighted by Crippen LogP contribution is -2.43. The number of hydrogen-bond donors (Lipinski definition) is 1. The summed E-state index contributed by atoms with van der Waals surface area (Å²) in [6, 6.07) is 15.3. The molecule has 2 aromatic carbocycles. The van der Waals surface area contributed by atoms with Crippen LogP contribution >= 0.6 is 0 Å². The summed E-state index contributed by atoms with van der Waals surface area (Å²) in [5.41, 5.74) is 2.49. The van der Waals surface area contributed by atoms with Crippen LogP contribution in [0.15, 0.2) is 54.6 Å². The summed E-state index contributed by atoms with van der Waals surface area (Å²) < 4.78 is 4.89. The quantitative estimate of drug-likeness (QED) is 0.666. The molecule has 0 aromatic heterocycles. The first-order valence-corrected chi connectivity index (χ1v) is 8.86. The number of para-hydroxylation sites is 1. The van der Waals surface area contributed by atoms with Gasteiger partial charge in [0, 0.05) is 6.04 Å². The Morgan fingerprint density at radius 2 is 1.59 bits per heavy atom. The Hall–Kier alpha value is -2.99. The van der Waals surface area contributed by atoms with Gasteiger partial charge in [0.25, 0.3) is 0 Å². The molecule has 2 saturated heterocycles. The molecule has 2 aliphatic rings. The van der Waals surface area contributed by atoms with Gasteiger partial charge in [0.1, 0.15) is 6.04 Å². The van der Waals surface area contributed by atoms with Gasteiger partial charge in [-0.3, -0.25) is 19.7 Å². The van der Waals surface area contributed by atoms with Crippen LogP contribution in [0.1, 0.15) is 17.2 Å². The molecular formula is C21H20N2O4. The first-order valence-electron chi connectivity index (χ1n) is 8.86. The van der Waals surface area contributed by atoms with Crippen LogP contribution in [0, 0.1) is 18.8 Å². The van der Waals surface area contributed by atoms with Crippen molar-refractivity contribution < 1.29 is 19.1 Å². The molecule has 0 radical (unpaired) electrons. The fraction of sp³-hybridized carbons (Fsp3) is 0.286. The van der Waals surface area contributed by atoms with E-state index in [1.807, 2.05) is 37.3 Å². The first kappa shape index (κ1) is 17.4. The van der Waals surface area contributed by atoms with Gasteiger partial charge in [-0.25, -0.2) is 4.90 Å². The Kier molecular flexibility index (Phi) is 4.28. The summed E-state index contributed by atoms with van der Waals surface area (Å²) in [5.74, 6) is -2.62. The van der Waals surface area contributed by atoms with Crippen LogP contribution in [0.3, 0.4) is 0 Å². The second-order valence-corrected chi connectivity index (χ2v) is 6.95. The topological polar surface area (TPSA) is 75.7 Å². The molecule has 0 unspecified atom stereocenters. The number of esters is 1. The largest absolute Gasteiger partial charge is 0.468 e. The third-order valence-corrected chi connectivity index (χ3v) is 5.38. The van der Waals surface area contributed by atoms with Crippen molar-refractivity contribution in [2.45, 2.75) is 19.0 Å². The summed E-state index contributed by atoms with van der Waals surface area (Å²) in [6.07, 6.45) is 0. The zero-order valence-electron chi connectivity index (χ0n) is 15.1. The zero-order chi connectivity index (χ0) is 19.1. The molecule has 0 spiro atoms. The first-order chi connectivity index (χ1) is 13.0. The summed E-state index contributed by atoms with van der Waals surface area (Å²) >= 11 is 0. The molecule has 1 N–H and O–H groups in total. The lowest BCUT2D eigenvalue weighted by molar-refractivity contribution is -0.145. The van der Waals surface area contributed by atoms with Crippen molar-refractivity contribution in [3.63, 3.8) is 0 Å². The zero-order valence-corrected chi connectivity index (χ0v) is 15.1. The summed E-state index contributed by atoms with van der Waals surface area (Å²) in [5, 5.41) is 3.17. The van der Waals surface area contributed by atoms with E-state index < -0.39 is 29.9 Å². The Labute approximate surface area is 157 Å². The van der Waals surface area contributed by atoms with Crippen molar-refractivity contribution in [3.05, 3.63) is 65.7 Å². The molecule has 0 aliphatic carbocycles. The van der Waals surface area contributed by atoms with E-state index in [-0.39, 0.29) is 11.8 Å². The van der Waals surface area contributed by atoms with Gasteiger partial charge < -0.3 is 4.74 Å². The average Bonchev–Trinajstić information content (AvgIpc) is 3.20. The van der Waals surface area contributed by atoms with Gasteiger partial charge in [0.2, 0.25) is 11.8 Å². The van der Waals surface area contributed by atoms with Crippen molar-refractivity contribution in [2.24, 2.45) is 11.8 Å². The molecule has 138 valence electrons. The van der Waals surface area contributed by atoms with Gasteiger partial charge in [-0.1, -0.05) is 48.0 Å². The molecule has 0 bridgehead atoms. The van der Waals surface area contributed by atoms with Crippen LogP contribution in [0.4, 0.5) is 5.69 Å². The van der Waals surface area contributed by atoms with Gasteiger partial charge in [-0.05, 0) is 24.6 Å². The van der Waals surface area contributed by atoms with E-state index in [0.29, 0.717) is 5.69 Å². The monoisotopic (exact) mass is 364 g/mol. The van der Waals surface area contributed by atoms with Gasteiger partial charge in [0.05, 0.1) is 24.6 Å². The summed E-state index contributed by atoms with van der Waals surface area (Å²) in [7, 11) is 1.29. The van der Waals surface area contributed by atoms with E-state index in [1.54, 1.807) is 24.3 Å². The Morgan fingerprint density at radius 3 is 2.22 bits per heavy atom. The van der Waals surface area contributed by atoms with Crippen molar-refractivity contribution in [2.75, 3.05) is 12.0 Å². The molecule has 0 saturated carbocycles. The predicted molar refractivity (Wildman–Crippen MR) is 98.8 cm³/mol. The molecule has 2 heterocycles. The van der Waals surface area contributed by atoms with Crippen molar-refractivity contribution in [3.8, 4) is 0 Å². The lowest BCUT2D eigenvalue weighted by Gasteiger charge is -2.22. The molecule has 6 heteroatoms. The SMILES string of the molecule is COC(=O)[C@@H]1N[C@H](c2ccc(C)cc2)[C@H]2C(=O)N(c3ccccc3)C(=O)[C@H]21. The molecule has 4 atom stereocenters. The number of nitrogens with zero attached hydrogens (tertiary/aromatic N) is 1. The minimum absolute atomic E-state index is 0.291. The number of carbonyl (C=O) groups is 3. The Morgan fingerprint density at radius 1 is 0.963 bits per heavy atom. The highest BCUT2D eigenvalue weighted by Gasteiger charge is 2.61. The molecule has 2 amide bonds. The van der Waals surface area contributed by atoms with Gasteiger partial charge >= 0.3 is 5.97 Å². The number of imide groups is 1. The normalized spacial score (nSPS) is 27.0. The minimum Gasteiger partial charge on any atom is -0.468 e. The molecule has 2 fully saturated rings. The van der Waals surface area contributed by atoms with Crippen LogP contribution in [0.2, 0.25) is 0 Å². The molecule has 4 rings (SSSR count). The molecule has 6 nitrogen and oxygen atoms in total. The molecule has 27 heavy (non-hydrogen) atoms. The number of ether oxygens (including phenoxy) is 1. The highest BCUT2D eigenvalue weighted by Crippen LogP contribution is 2.45. The van der Waals surface area contributed by atoms with E-state index in [1.165, 1.54) is 12.0 Å². The van der Waals surface area contributed by atoms with Gasteiger partial charge in [0.15, 0.2) is 0 Å². The van der Waals surface area contributed by atoms with Crippen LogP contribution in [-0.2, 0) is 19.1 Å². The number of methoxy groups -OCH3 is 1. The maximum absolute atomic E-state index is 13.2. The predicted octanol–water partition coefficient (Wildman–Crippen LogP) is 1.99. The number of nitrogens with one attached hydrogen (secondary N) is 1. The highest BCUT2D eigenvalue weighted by atomic mass is 16.5. The van der Waals surface area contributed by atoms with Gasteiger partial charge in [-0.15, -0.1) is 0 Å². The standard InChI is InChI=1S/C21H20N2O4/c1-12-8-10-13(11-9-12)17-15-16(18(22-17)21(26)27-2)20(25)23(19(15)24)14-6-4-3-5-7-14/h3-11,15-18,22H,1-2H3/t15-,16+,17+,18+/m0/s1. The minimum atomic E-state index is -0.850. The Balaban J connectivity index is 1.77. The maximum Gasteiger partial charge on any atom is 0.323 e. The summed E-state index contributed by atoms with van der Waals surface area (Å²) in [6.45, 7) is 1.98. The molecule has 2 aromatic rings. The van der Waals surface area contributed by atoms with E-state index >= 15 is 0 Å². The number of aryl methyl sites for hydroxylation is 1. The maximum atomic E-state index is 13.2. The van der Waals surface area contributed by atoms with E-state index in [2.05, 4.69) is 5.32 Å². The number of rotatable bonds is 3. The van der Waals surface area contributed by atoms with E-state index in [9.17, 15) is 14.4 Å². The second kappa shape index (κ2) is 6.63. The Bertz CT molecular complexity index is 894. The van der Waals surface area contributed by atoms with Crippen molar-refractivity contribution >= 4 is 23.5 Å². The van der Waals surface area contributed by atoms with E-state index in [0.717, 1.165) is 11.1 Å². The molecule has 2 aliphatic heterocycles.